The molecule has 3 aromatic rings. The molecule has 81 heavy (non-hydrogen) atoms. The molecular weight excluding hydrogens is 1050 g/mol. The number of carbonyl (C=O) groups is 3. The summed E-state index contributed by atoms with van der Waals surface area (Å²) in [5.74, 6) is -3.18. The van der Waals surface area contributed by atoms with Crippen LogP contribution in [-0.2, 0) is 36.6 Å². The van der Waals surface area contributed by atoms with Crippen molar-refractivity contribution in [2.45, 2.75) is 172 Å². The number of halogens is 1. The first-order chi connectivity index (χ1) is 38.4. The van der Waals surface area contributed by atoms with Gasteiger partial charge in [-0.2, -0.15) is 0 Å². The van der Waals surface area contributed by atoms with Gasteiger partial charge in [-0.3, -0.25) is 14.5 Å². The van der Waals surface area contributed by atoms with E-state index >= 15 is 9.18 Å². The zero-order chi connectivity index (χ0) is 58.0. The Labute approximate surface area is 470 Å². The fraction of sp³-hybridized carbons (Fsp3) is 0.581. The minimum atomic E-state index is -1.76. The van der Waals surface area contributed by atoms with Gasteiger partial charge in [0.05, 0.1) is 36.1 Å². The topological polar surface area (TPSA) is 236 Å². The van der Waals surface area contributed by atoms with Gasteiger partial charge >= 0.3 is 11.9 Å². The number of allylic oxidation sites excluding steroid dienone is 4. The highest BCUT2D eigenvalue weighted by molar-refractivity contribution is 5.97. The van der Waals surface area contributed by atoms with Crippen LogP contribution in [-0.4, -0.2) is 152 Å². The maximum Gasteiger partial charge on any atom is 0.341 e. The predicted octanol–water partition coefficient (Wildman–Crippen LogP) is 6.53. The number of ketones is 1. The molecule has 12 atom stereocenters. The average Bonchev–Trinajstić information content (AvgIpc) is 1.76. The number of benzene rings is 2. The summed E-state index contributed by atoms with van der Waals surface area (Å²) < 4.78 is 58.9. The third kappa shape index (κ3) is 9.24. The molecule has 436 valence electrons. The van der Waals surface area contributed by atoms with Gasteiger partial charge in [0, 0.05) is 90.7 Å². The number of methoxy groups -OCH3 is 1. The highest BCUT2D eigenvalue weighted by Gasteiger charge is 2.84. The minimum absolute atomic E-state index is 0.00217. The molecule has 5 N–H and O–H groups in total. The molecule has 18 nitrogen and oxygen atoms in total. The van der Waals surface area contributed by atoms with E-state index in [1.807, 2.05) is 65.5 Å². The van der Waals surface area contributed by atoms with Crippen molar-refractivity contribution in [2.75, 3.05) is 44.8 Å². The molecule has 9 aliphatic rings. The van der Waals surface area contributed by atoms with Gasteiger partial charge in [0.25, 0.3) is 0 Å². The molecule has 12 rings (SSSR count). The summed E-state index contributed by atoms with van der Waals surface area (Å²) in [5.41, 5.74) is -0.936. The van der Waals surface area contributed by atoms with Gasteiger partial charge in [0.2, 0.25) is 11.7 Å². The van der Waals surface area contributed by atoms with Crippen molar-refractivity contribution in [2.24, 2.45) is 17.8 Å². The largest absolute Gasteiger partial charge is 0.482 e. The zero-order valence-electron chi connectivity index (χ0n) is 47.6. The van der Waals surface area contributed by atoms with E-state index in [0.29, 0.717) is 91.1 Å². The normalized spacial score (nSPS) is 32.8. The van der Waals surface area contributed by atoms with Crippen molar-refractivity contribution in [3.8, 4) is 17.2 Å². The van der Waals surface area contributed by atoms with Crippen LogP contribution in [0.25, 0.3) is 17.0 Å². The molecule has 0 radical (unpaired) electrons. The number of carbonyl (C=O) groups excluding carboxylic acids is 2. The average molecular weight is 1120 g/mol. The Morgan fingerprint density at radius 2 is 1.63 bits per heavy atom. The Bertz CT molecular complexity index is 3270. The Morgan fingerprint density at radius 1 is 0.914 bits per heavy atom. The second-order valence-electron chi connectivity index (χ2n) is 25.0. The van der Waals surface area contributed by atoms with Gasteiger partial charge in [-0.25, -0.2) is 14.0 Å². The molecule has 4 saturated carbocycles. The maximum absolute atomic E-state index is 16.5. The number of hydrogen-bond donors (Lipinski definition) is 5. The van der Waals surface area contributed by atoms with E-state index in [0.717, 1.165) is 30.1 Å². The van der Waals surface area contributed by atoms with E-state index in [2.05, 4.69) is 17.1 Å². The molecule has 1 spiro atoms. The number of hydrogen-bond acceptors (Lipinski definition) is 16. The molecule has 4 bridgehead atoms. The zero-order valence-corrected chi connectivity index (χ0v) is 47.6. The lowest BCUT2D eigenvalue weighted by atomic mass is 9.45. The lowest BCUT2D eigenvalue weighted by Crippen LogP contribution is -2.81. The molecule has 1 aromatic heterocycles. The third-order valence-corrected chi connectivity index (χ3v) is 18.8. The van der Waals surface area contributed by atoms with Crippen molar-refractivity contribution in [3.63, 3.8) is 0 Å². The van der Waals surface area contributed by atoms with Crippen LogP contribution in [0.1, 0.15) is 127 Å². The number of carboxylic acid groups (broad SMARTS) is 1. The SMILES string of the molecule is COC(=O)/C(C)=C\CC12OC(C)(C)C3CC(C1=O)C(N1CCN(c4cc5c(cc4F)c(=O)c(C(=O)O)cn5C4CC4)CC1)C1Cc4c(O[C@H]5O[C@@H](CO)[C@H](O)[C@@H](O)[C@@H]5O)c5c(c(CC=C(C)C)c4OC132)OC(C)(CCC=C(C)C)C=C5. The number of aromatic carboxylic acids is 1. The number of esters is 1. The van der Waals surface area contributed by atoms with Crippen LogP contribution in [0.3, 0.4) is 0 Å². The number of piperazine rings is 1. The summed E-state index contributed by atoms with van der Waals surface area (Å²) in [6.07, 6.45) is 7.09. The fourth-order valence-electron chi connectivity index (χ4n) is 14.7. The van der Waals surface area contributed by atoms with E-state index in [9.17, 15) is 39.9 Å². The number of ether oxygens (including phenoxy) is 6. The van der Waals surface area contributed by atoms with E-state index in [-0.39, 0.29) is 47.4 Å². The quantitative estimate of drug-likeness (QED) is 0.0618. The van der Waals surface area contributed by atoms with Crippen LogP contribution in [0.5, 0.6) is 17.2 Å². The molecular formula is C62H76FN3O15. The first-order valence-electron chi connectivity index (χ1n) is 28.5. The summed E-state index contributed by atoms with van der Waals surface area (Å²) in [6, 6.07) is 2.30. The van der Waals surface area contributed by atoms with Gasteiger partial charge in [-0.05, 0) is 125 Å². The Balaban J connectivity index is 1.07. The number of fused-ring (bicyclic) bond motifs is 3. The van der Waals surface area contributed by atoms with Crippen LogP contribution in [0, 0.1) is 23.6 Å². The Hall–Kier alpha value is -5.93. The second-order valence-corrected chi connectivity index (χ2v) is 25.0. The smallest absolute Gasteiger partial charge is 0.341 e. The molecule has 0 amide bonds. The summed E-state index contributed by atoms with van der Waals surface area (Å²) >= 11 is 0. The number of nitrogens with zero attached hydrogens (tertiary/aromatic N) is 3. The third-order valence-electron chi connectivity index (χ3n) is 18.8. The van der Waals surface area contributed by atoms with Crippen LogP contribution < -0.4 is 24.5 Å². The molecule has 2 aromatic carbocycles. The first kappa shape index (κ1) is 56.9. The van der Waals surface area contributed by atoms with Crippen molar-refractivity contribution >= 4 is 40.4 Å². The number of rotatable bonds is 15. The number of Topliss-reactive ketones (excluding diaryl/α,β-unsaturated/α-hetero) is 1. The fourth-order valence-corrected chi connectivity index (χ4v) is 14.7. The summed E-state index contributed by atoms with van der Waals surface area (Å²) in [4.78, 5) is 59.0. The van der Waals surface area contributed by atoms with E-state index in [1.54, 1.807) is 23.6 Å². The number of anilines is 1. The molecule has 4 aliphatic carbocycles. The minimum Gasteiger partial charge on any atom is -0.482 e. The van der Waals surface area contributed by atoms with Crippen molar-refractivity contribution in [1.82, 2.24) is 9.47 Å². The molecule has 3 saturated heterocycles. The molecule has 7 unspecified atom stereocenters. The van der Waals surface area contributed by atoms with Crippen LogP contribution >= 0.6 is 0 Å². The van der Waals surface area contributed by atoms with Gasteiger partial charge < -0.3 is 63.4 Å². The van der Waals surface area contributed by atoms with Gasteiger partial charge in [-0.1, -0.05) is 29.4 Å². The van der Waals surface area contributed by atoms with Crippen LogP contribution in [0.2, 0.25) is 0 Å². The molecule has 5 aliphatic heterocycles. The predicted molar refractivity (Wildman–Crippen MR) is 297 cm³/mol. The number of aromatic nitrogens is 1. The van der Waals surface area contributed by atoms with Gasteiger partial charge in [0.15, 0.2) is 17.0 Å². The number of pyridine rings is 1. The van der Waals surface area contributed by atoms with Gasteiger partial charge in [-0.15, -0.1) is 0 Å². The Kier molecular flexibility index (Phi) is 14.6. The summed E-state index contributed by atoms with van der Waals surface area (Å²) in [7, 11) is 1.30. The Morgan fingerprint density at radius 3 is 2.28 bits per heavy atom. The highest BCUT2D eigenvalue weighted by atomic mass is 19.1. The van der Waals surface area contributed by atoms with Crippen molar-refractivity contribution in [1.29, 1.82) is 0 Å². The lowest BCUT2D eigenvalue weighted by Gasteiger charge is -2.66. The van der Waals surface area contributed by atoms with E-state index in [4.69, 9.17) is 28.4 Å². The van der Waals surface area contributed by atoms with Crippen molar-refractivity contribution < 1.29 is 72.7 Å². The number of carboxylic acids is 1. The van der Waals surface area contributed by atoms with E-state index < -0.39 is 106 Å². The first-order valence-corrected chi connectivity index (χ1v) is 28.5. The van der Waals surface area contributed by atoms with Gasteiger partial charge in [0.1, 0.15) is 58.6 Å². The molecule has 19 heteroatoms. The lowest BCUT2D eigenvalue weighted by molar-refractivity contribution is -0.277. The van der Waals surface area contributed by atoms with Crippen molar-refractivity contribution in [3.05, 3.63) is 97.6 Å². The van der Waals surface area contributed by atoms with Crippen LogP contribution in [0.15, 0.2) is 64.1 Å². The molecule has 6 heterocycles. The maximum atomic E-state index is 16.5. The van der Waals surface area contributed by atoms with E-state index in [1.165, 1.54) is 13.3 Å². The molecule has 7 fully saturated rings. The number of aliphatic hydroxyl groups excluding tert-OH is 4. The van der Waals surface area contributed by atoms with Crippen LogP contribution in [0.4, 0.5) is 10.1 Å². The number of aliphatic hydroxyl groups is 4. The monoisotopic (exact) mass is 1120 g/mol. The highest BCUT2D eigenvalue weighted by Crippen LogP contribution is 2.71. The standard InChI is InChI=1S/C62H76FN3O15/c1-31(2)11-10-18-60(8)19-17-36-52(78-58-51(71)50(70)49(69)45(30-67)77-58)39-25-41-47(65-23-21-64(22-24-65)44-28-43-37(26-42(44)63)48(68)40(56(73)74)29-66(43)34-13-14-34)38-27-46-59(6,7)81-61(55(38)72,20-16-33(5)57(75)76-9)62(41,46)80-54(39)35(53(36)79-60)15-12-32(3)4/h11-12,16-17,19,26,28-29,34,38,41,45-47,49-51,58,67,69-71H,10,13-15,18,20-25,27,30H2,1-9H3,(H,73,74)/b33-16-/t38?,41?,45-,46?,47?,49-,50+,51-,58+,60?,61?,62?/m0/s1. The summed E-state index contributed by atoms with van der Waals surface area (Å²) in [5, 5.41) is 53.9. The second kappa shape index (κ2) is 20.7. The summed E-state index contributed by atoms with van der Waals surface area (Å²) in [6.45, 7) is 16.5.